The average molecular weight is 526 g/mol. The monoisotopic (exact) mass is 525 g/mol. The van der Waals surface area contributed by atoms with E-state index in [0.717, 1.165) is 12.8 Å². The second-order valence-corrected chi connectivity index (χ2v) is 12.5. The van der Waals surface area contributed by atoms with Gasteiger partial charge in [0.05, 0.1) is 17.8 Å². The van der Waals surface area contributed by atoms with E-state index in [-0.39, 0.29) is 38.3 Å². The standard InChI is InChI=1S/C21H34F3N5O5S/c1-20(6-7-20)26-35(32,33)15-4-5-17-16(10-15)18(30)29(13-14-11-25-27(2)12-14)19(31)28(17)8-3-9-34-21(22,23)24/h14-17,25-26H,3-13H2,1-2H3. The topological polar surface area (TPSA) is 111 Å². The molecule has 0 radical (unpaired) electrons. The van der Waals surface area contributed by atoms with Crippen LogP contribution in [0.2, 0.25) is 0 Å². The van der Waals surface area contributed by atoms with Gasteiger partial charge in [0.2, 0.25) is 15.9 Å². The van der Waals surface area contributed by atoms with Gasteiger partial charge in [-0.25, -0.2) is 22.9 Å². The summed E-state index contributed by atoms with van der Waals surface area (Å²) in [6.07, 6.45) is -2.61. The lowest BCUT2D eigenvalue weighted by Crippen LogP contribution is -2.65. The predicted molar refractivity (Wildman–Crippen MR) is 119 cm³/mol. The SMILES string of the molecule is CN1CC(CN2C(=O)C3CC(S(=O)(=O)NC4(C)CC4)CCC3N(CCCOC(F)(F)F)C2=O)CN1. The van der Waals surface area contributed by atoms with E-state index >= 15 is 0 Å². The first-order valence-corrected chi connectivity index (χ1v) is 13.6. The van der Waals surface area contributed by atoms with Gasteiger partial charge in [0.15, 0.2) is 0 Å². The number of hydrogen-bond donors (Lipinski definition) is 2. The first kappa shape index (κ1) is 26.6. The van der Waals surface area contributed by atoms with Crippen LogP contribution >= 0.6 is 0 Å². The van der Waals surface area contributed by atoms with Crippen LogP contribution in [0.3, 0.4) is 0 Å². The quantitative estimate of drug-likeness (QED) is 0.436. The van der Waals surface area contributed by atoms with Gasteiger partial charge in [-0.2, -0.15) is 0 Å². The third-order valence-corrected chi connectivity index (χ3v) is 9.57. The van der Waals surface area contributed by atoms with Gasteiger partial charge in [0.1, 0.15) is 0 Å². The van der Waals surface area contributed by atoms with Crippen LogP contribution < -0.4 is 10.1 Å². The van der Waals surface area contributed by atoms with Gasteiger partial charge in [0.25, 0.3) is 0 Å². The molecule has 0 aromatic rings. The smallest absolute Gasteiger partial charge is 0.320 e. The Morgan fingerprint density at radius 3 is 2.54 bits per heavy atom. The number of alkyl halides is 3. The van der Waals surface area contributed by atoms with Gasteiger partial charge in [-0.15, -0.1) is 13.2 Å². The summed E-state index contributed by atoms with van der Waals surface area (Å²) in [5, 5.41) is 1.11. The van der Waals surface area contributed by atoms with Crippen molar-refractivity contribution in [2.75, 3.05) is 39.8 Å². The minimum atomic E-state index is -4.75. The number of imide groups is 1. The van der Waals surface area contributed by atoms with Crippen molar-refractivity contribution in [1.82, 2.24) is 25.0 Å². The fraction of sp³-hybridized carbons (Fsp3) is 0.905. The molecule has 2 heterocycles. The molecule has 2 saturated carbocycles. The molecular formula is C21H34F3N5O5S. The van der Waals surface area contributed by atoms with Gasteiger partial charge in [-0.3, -0.25) is 19.9 Å². The average Bonchev–Trinajstić information content (AvgIpc) is 3.33. The maximum atomic E-state index is 13.5. The fourth-order valence-electron chi connectivity index (χ4n) is 5.38. The van der Waals surface area contributed by atoms with Crippen molar-refractivity contribution in [2.24, 2.45) is 11.8 Å². The second-order valence-electron chi connectivity index (χ2n) is 10.5. The Morgan fingerprint density at radius 1 is 1.23 bits per heavy atom. The Balaban J connectivity index is 1.49. The number of carbonyl (C=O) groups is 2. The number of fused-ring (bicyclic) bond motifs is 1. The Morgan fingerprint density at radius 2 is 1.94 bits per heavy atom. The molecule has 2 saturated heterocycles. The molecule has 10 nitrogen and oxygen atoms in total. The number of ether oxygens (including phenoxy) is 1. The molecule has 2 aliphatic heterocycles. The lowest BCUT2D eigenvalue weighted by molar-refractivity contribution is -0.324. The summed E-state index contributed by atoms with van der Waals surface area (Å²) < 4.78 is 69.8. The number of urea groups is 1. The van der Waals surface area contributed by atoms with Gasteiger partial charge >= 0.3 is 12.4 Å². The number of rotatable bonds is 9. The molecule has 3 amide bonds. The molecule has 200 valence electrons. The van der Waals surface area contributed by atoms with Crippen molar-refractivity contribution in [3.8, 4) is 0 Å². The van der Waals surface area contributed by atoms with Crippen LogP contribution in [0.15, 0.2) is 0 Å². The molecule has 4 fully saturated rings. The first-order chi connectivity index (χ1) is 16.3. The third kappa shape index (κ3) is 6.27. The number of hydrazine groups is 1. The summed E-state index contributed by atoms with van der Waals surface area (Å²) in [5.74, 6) is -1.11. The van der Waals surface area contributed by atoms with Crippen molar-refractivity contribution < 1.29 is 35.9 Å². The minimum absolute atomic E-state index is 0.000495. The van der Waals surface area contributed by atoms with E-state index in [2.05, 4.69) is 14.9 Å². The highest BCUT2D eigenvalue weighted by Gasteiger charge is 2.52. The molecule has 0 spiro atoms. The van der Waals surface area contributed by atoms with Gasteiger partial charge in [-0.1, -0.05) is 0 Å². The van der Waals surface area contributed by atoms with E-state index in [1.54, 1.807) is 0 Å². The summed E-state index contributed by atoms with van der Waals surface area (Å²) in [6, 6.07) is -1.06. The number of hydrogen-bond acceptors (Lipinski definition) is 7. The van der Waals surface area contributed by atoms with Crippen LogP contribution in [0, 0.1) is 11.8 Å². The van der Waals surface area contributed by atoms with Gasteiger partial charge in [-0.05, 0) is 45.4 Å². The largest absolute Gasteiger partial charge is 0.522 e. The molecule has 0 aromatic carbocycles. The van der Waals surface area contributed by atoms with Crippen LogP contribution in [0.25, 0.3) is 0 Å². The molecule has 4 unspecified atom stereocenters. The van der Waals surface area contributed by atoms with Crippen molar-refractivity contribution in [3.63, 3.8) is 0 Å². The van der Waals surface area contributed by atoms with Crippen LogP contribution in [0.5, 0.6) is 0 Å². The van der Waals surface area contributed by atoms with Crippen LogP contribution in [-0.4, -0.2) is 98.2 Å². The molecule has 14 heteroatoms. The third-order valence-electron chi connectivity index (χ3n) is 7.49. The van der Waals surface area contributed by atoms with E-state index in [4.69, 9.17) is 0 Å². The number of amides is 3. The highest BCUT2D eigenvalue weighted by molar-refractivity contribution is 7.90. The van der Waals surface area contributed by atoms with E-state index in [0.29, 0.717) is 19.5 Å². The van der Waals surface area contributed by atoms with Gasteiger partial charge in [0, 0.05) is 50.7 Å². The van der Waals surface area contributed by atoms with E-state index in [1.165, 1.54) is 9.80 Å². The molecule has 4 atom stereocenters. The summed E-state index contributed by atoms with van der Waals surface area (Å²) in [7, 11) is -1.80. The Labute approximate surface area is 203 Å². The number of carbonyl (C=O) groups excluding carboxylic acids is 2. The van der Waals surface area contributed by atoms with E-state index in [9.17, 15) is 31.2 Å². The van der Waals surface area contributed by atoms with Crippen molar-refractivity contribution in [1.29, 1.82) is 0 Å². The normalized spacial score (nSPS) is 31.7. The zero-order chi connectivity index (χ0) is 25.6. The summed E-state index contributed by atoms with van der Waals surface area (Å²) in [4.78, 5) is 29.4. The van der Waals surface area contributed by atoms with E-state index < -0.39 is 57.7 Å². The number of sulfonamides is 1. The fourth-order valence-corrected chi connectivity index (χ4v) is 7.34. The summed E-state index contributed by atoms with van der Waals surface area (Å²) in [6.45, 7) is 2.62. The van der Waals surface area contributed by atoms with Gasteiger partial charge < -0.3 is 4.90 Å². The molecule has 2 aliphatic carbocycles. The van der Waals surface area contributed by atoms with Crippen LogP contribution in [-0.2, 0) is 19.6 Å². The molecule has 2 N–H and O–H groups in total. The lowest BCUT2D eigenvalue weighted by Gasteiger charge is -2.48. The lowest BCUT2D eigenvalue weighted by atomic mass is 9.80. The molecule has 4 rings (SSSR count). The number of nitrogens with zero attached hydrogens (tertiary/aromatic N) is 3. The zero-order valence-electron chi connectivity index (χ0n) is 20.0. The Kier molecular flexibility index (Phi) is 7.42. The predicted octanol–water partition coefficient (Wildman–Crippen LogP) is 1.25. The van der Waals surface area contributed by atoms with Crippen molar-refractivity contribution in [3.05, 3.63) is 0 Å². The van der Waals surface area contributed by atoms with E-state index in [1.807, 2.05) is 19.0 Å². The minimum Gasteiger partial charge on any atom is -0.320 e. The second kappa shape index (κ2) is 9.77. The molecule has 0 aromatic heterocycles. The highest BCUT2D eigenvalue weighted by Crippen LogP contribution is 2.40. The molecule has 4 aliphatic rings. The molecular weight excluding hydrogens is 491 g/mol. The van der Waals surface area contributed by atoms with Crippen molar-refractivity contribution in [2.45, 2.75) is 68.6 Å². The maximum Gasteiger partial charge on any atom is 0.522 e. The van der Waals surface area contributed by atoms with Crippen molar-refractivity contribution >= 4 is 22.0 Å². The molecule has 35 heavy (non-hydrogen) atoms. The van der Waals surface area contributed by atoms with Crippen LogP contribution in [0.4, 0.5) is 18.0 Å². The number of nitrogens with one attached hydrogen (secondary N) is 2. The highest BCUT2D eigenvalue weighted by atomic mass is 32.2. The Hall–Kier alpha value is -1.48. The number of halogens is 3. The summed E-state index contributed by atoms with van der Waals surface area (Å²) >= 11 is 0. The molecule has 0 bridgehead atoms. The summed E-state index contributed by atoms with van der Waals surface area (Å²) in [5.41, 5.74) is 2.70. The zero-order valence-corrected chi connectivity index (χ0v) is 20.8. The van der Waals surface area contributed by atoms with Crippen LogP contribution in [0.1, 0.15) is 45.4 Å². The first-order valence-electron chi connectivity index (χ1n) is 12.1. The Bertz CT molecular complexity index is 929. The maximum absolute atomic E-state index is 13.5.